The molecule has 2 aromatic carbocycles. The molecule has 0 amide bonds. The Bertz CT molecular complexity index is 1800. The molecule has 3 fully saturated rings. The first-order chi connectivity index (χ1) is 24.4. The van der Waals surface area contributed by atoms with Gasteiger partial charge in [0, 0.05) is 48.1 Å². The fraction of sp³-hybridized carbons (Fsp3) is 0.537. The maximum atomic E-state index is 17.1. The molecule has 2 aromatic heterocycles. The van der Waals surface area contributed by atoms with E-state index < -0.39 is 11.6 Å². The highest BCUT2D eigenvalue weighted by Gasteiger charge is 2.45. The van der Waals surface area contributed by atoms with Crippen molar-refractivity contribution in [3.05, 3.63) is 59.8 Å². The lowest BCUT2D eigenvalue weighted by molar-refractivity contribution is 0.108. The summed E-state index contributed by atoms with van der Waals surface area (Å²) in [4.78, 5) is 22.1. The summed E-state index contributed by atoms with van der Waals surface area (Å²) in [5, 5.41) is 2.05. The Kier molecular flexibility index (Phi) is 12.1. The summed E-state index contributed by atoms with van der Waals surface area (Å²) in [6.45, 7) is 23.3. The van der Waals surface area contributed by atoms with Gasteiger partial charge < -0.3 is 14.5 Å². The van der Waals surface area contributed by atoms with E-state index in [1.54, 1.807) is 6.07 Å². The van der Waals surface area contributed by atoms with Crippen LogP contribution in [0.2, 0.25) is 0 Å². The van der Waals surface area contributed by atoms with Gasteiger partial charge in [-0.1, -0.05) is 85.4 Å². The number of aromatic nitrogens is 3. The quantitative estimate of drug-likeness (QED) is 0.207. The topological polar surface area (TPSA) is 57.6 Å². The number of hydrogen-bond acceptors (Lipinski definition) is 7. The second-order valence-electron chi connectivity index (χ2n) is 13.2. The van der Waals surface area contributed by atoms with E-state index in [9.17, 15) is 0 Å². The second-order valence-corrected chi connectivity index (χ2v) is 13.2. The zero-order chi connectivity index (χ0) is 36.2. The molecule has 50 heavy (non-hydrogen) atoms. The molecule has 0 N–H and O–H groups in total. The van der Waals surface area contributed by atoms with Crippen LogP contribution in [0.25, 0.3) is 39.0 Å². The number of piperazine rings is 1. The summed E-state index contributed by atoms with van der Waals surface area (Å²) in [7, 11) is 2.14. The first kappa shape index (κ1) is 37.6. The minimum absolute atomic E-state index is 0.0124. The summed E-state index contributed by atoms with van der Waals surface area (Å²) >= 11 is 0. The zero-order valence-electron chi connectivity index (χ0n) is 31.5. The van der Waals surface area contributed by atoms with Gasteiger partial charge in [0.25, 0.3) is 0 Å². The third kappa shape index (κ3) is 6.59. The van der Waals surface area contributed by atoms with Crippen LogP contribution < -0.4 is 9.64 Å². The van der Waals surface area contributed by atoms with Crippen LogP contribution in [0, 0.1) is 11.6 Å². The summed E-state index contributed by atoms with van der Waals surface area (Å²) in [5.74, 6) is -0.197. The Morgan fingerprint density at radius 3 is 2.34 bits per heavy atom. The second kappa shape index (κ2) is 16.1. The molecule has 9 heteroatoms. The van der Waals surface area contributed by atoms with Crippen LogP contribution in [-0.4, -0.2) is 82.7 Å². The zero-order valence-corrected chi connectivity index (χ0v) is 31.5. The Morgan fingerprint density at radius 1 is 0.920 bits per heavy atom. The van der Waals surface area contributed by atoms with E-state index >= 15 is 8.78 Å². The van der Waals surface area contributed by atoms with Gasteiger partial charge in [-0.25, -0.2) is 13.8 Å². The number of hydrogen-bond donors (Lipinski definition) is 0. The van der Waals surface area contributed by atoms with Gasteiger partial charge in [0.05, 0.1) is 16.6 Å². The highest BCUT2D eigenvalue weighted by molar-refractivity contribution is 6.04. The molecule has 3 saturated heterocycles. The van der Waals surface area contributed by atoms with Gasteiger partial charge in [-0.15, -0.1) is 0 Å². The normalized spacial score (nSPS) is 20.7. The molecule has 0 spiro atoms. The predicted molar refractivity (Wildman–Crippen MR) is 204 cm³/mol. The molecule has 8 rings (SSSR count). The minimum Gasteiger partial charge on any atom is -0.461 e. The lowest BCUT2D eigenvalue weighted by Crippen LogP contribution is -2.52. The van der Waals surface area contributed by atoms with Crippen molar-refractivity contribution in [1.82, 2.24) is 24.8 Å². The van der Waals surface area contributed by atoms with Gasteiger partial charge in [-0.3, -0.25) is 4.90 Å². The van der Waals surface area contributed by atoms with E-state index in [1.807, 2.05) is 59.7 Å². The van der Waals surface area contributed by atoms with E-state index in [0.717, 1.165) is 63.1 Å². The summed E-state index contributed by atoms with van der Waals surface area (Å²) < 4.78 is 38.5. The molecule has 4 aromatic rings. The highest BCUT2D eigenvalue weighted by Crippen LogP contribution is 2.45. The van der Waals surface area contributed by atoms with Crippen LogP contribution in [-0.2, 0) is 0 Å². The molecule has 1 unspecified atom stereocenters. The molecular weight excluding hydrogens is 630 g/mol. The van der Waals surface area contributed by atoms with E-state index in [0.29, 0.717) is 34.3 Å². The Morgan fingerprint density at radius 2 is 1.64 bits per heavy atom. The maximum Gasteiger partial charge on any atom is 0.319 e. The number of pyridine rings is 1. The SMILES string of the molecule is C=Cc1c(F)ccc2cccc(-c3nc4c5c(nc(OCC67CCCN6CCC7)nc5c3F)N3CCN(C)CC3C[C@H]4C)c12.CC.CC.CC. The van der Waals surface area contributed by atoms with E-state index in [1.165, 1.54) is 25.0 Å². The number of ether oxygens (including phenoxy) is 1. The molecule has 0 aliphatic carbocycles. The van der Waals surface area contributed by atoms with Crippen LogP contribution in [0.1, 0.15) is 97.7 Å². The number of halogens is 2. The van der Waals surface area contributed by atoms with E-state index in [4.69, 9.17) is 19.7 Å². The first-order valence-electron chi connectivity index (χ1n) is 18.9. The molecule has 7 nitrogen and oxygen atoms in total. The Balaban J connectivity index is 0.000000771. The average Bonchev–Trinajstić information content (AvgIpc) is 3.71. The van der Waals surface area contributed by atoms with Crippen LogP contribution in [0.3, 0.4) is 0 Å². The molecule has 0 bridgehead atoms. The van der Waals surface area contributed by atoms with Crippen molar-refractivity contribution < 1.29 is 13.5 Å². The Hall–Kier alpha value is -3.69. The number of rotatable bonds is 5. The number of likely N-dealkylation sites (N-methyl/N-ethyl adjacent to an activating group) is 1. The van der Waals surface area contributed by atoms with Crippen molar-refractivity contribution in [2.24, 2.45) is 0 Å². The van der Waals surface area contributed by atoms with Crippen molar-refractivity contribution in [2.45, 2.75) is 98.1 Å². The molecule has 4 aliphatic heterocycles. The van der Waals surface area contributed by atoms with Crippen LogP contribution in [0.5, 0.6) is 6.01 Å². The smallest absolute Gasteiger partial charge is 0.319 e. The van der Waals surface area contributed by atoms with Crippen LogP contribution >= 0.6 is 0 Å². The average molecular weight is 687 g/mol. The number of fused-ring (bicyclic) bond motifs is 4. The molecule has 0 saturated carbocycles. The summed E-state index contributed by atoms with van der Waals surface area (Å²) in [5.41, 5.74) is 2.04. The third-order valence-electron chi connectivity index (χ3n) is 10.6. The highest BCUT2D eigenvalue weighted by atomic mass is 19.1. The lowest BCUT2D eigenvalue weighted by atomic mass is 9.93. The standard InChI is InChI=1S/C35H38F2N6O.3C2H6/c1-4-24-26(36)11-10-22-8-5-9-25(27(22)24)31-29(37)32-28-30(38-31)21(2)18-23-19-41(3)16-17-43(23)33(28)40-34(39-32)44-20-35-12-6-14-42(35)15-7-13-35;3*1-2/h4-5,8-11,21,23H,1,6-7,12-20H2,2-3H3;3*1-2H3/t21-,23?;;;/m1.../s1. The molecular formula is C41H56F2N6O. The molecule has 2 atom stereocenters. The van der Waals surface area contributed by atoms with Gasteiger partial charge in [0.1, 0.15) is 29.5 Å². The van der Waals surface area contributed by atoms with Crippen LogP contribution in [0.15, 0.2) is 36.9 Å². The minimum atomic E-state index is -0.537. The first-order valence-corrected chi connectivity index (χ1v) is 18.9. The summed E-state index contributed by atoms with van der Waals surface area (Å²) in [6.07, 6.45) is 6.87. The fourth-order valence-corrected chi connectivity index (χ4v) is 8.42. The predicted octanol–water partition coefficient (Wildman–Crippen LogP) is 9.48. The van der Waals surface area contributed by atoms with Crippen LogP contribution in [0.4, 0.5) is 14.6 Å². The maximum absolute atomic E-state index is 17.1. The number of nitrogens with zero attached hydrogens (tertiary/aromatic N) is 6. The van der Waals surface area contributed by atoms with Gasteiger partial charge in [-0.2, -0.15) is 9.97 Å². The fourth-order valence-electron chi connectivity index (χ4n) is 8.42. The molecule has 0 radical (unpaired) electrons. The Labute approximate surface area is 297 Å². The van der Waals surface area contributed by atoms with Crippen molar-refractivity contribution >= 4 is 33.6 Å². The summed E-state index contributed by atoms with van der Waals surface area (Å²) in [6, 6.07) is 9.13. The van der Waals surface area contributed by atoms with Gasteiger partial charge in [0.15, 0.2) is 5.82 Å². The molecule has 4 aliphatic rings. The van der Waals surface area contributed by atoms with Crippen molar-refractivity contribution in [3.63, 3.8) is 0 Å². The van der Waals surface area contributed by atoms with Crippen molar-refractivity contribution in [1.29, 1.82) is 0 Å². The number of benzene rings is 2. The van der Waals surface area contributed by atoms with Gasteiger partial charge >= 0.3 is 6.01 Å². The third-order valence-corrected chi connectivity index (χ3v) is 10.6. The van der Waals surface area contributed by atoms with Gasteiger partial charge in [-0.05, 0) is 63.7 Å². The molecule has 6 heterocycles. The van der Waals surface area contributed by atoms with E-state index in [2.05, 4.69) is 35.3 Å². The number of anilines is 1. The van der Waals surface area contributed by atoms with Gasteiger partial charge in [0.2, 0.25) is 0 Å². The van der Waals surface area contributed by atoms with Crippen molar-refractivity contribution in [3.8, 4) is 17.3 Å². The van der Waals surface area contributed by atoms with E-state index in [-0.39, 0.29) is 34.7 Å². The lowest BCUT2D eigenvalue weighted by Gasteiger charge is -2.40. The largest absolute Gasteiger partial charge is 0.461 e. The van der Waals surface area contributed by atoms with Crippen molar-refractivity contribution in [2.75, 3.05) is 51.3 Å². The monoisotopic (exact) mass is 686 g/mol. The molecule has 270 valence electrons.